The highest BCUT2D eigenvalue weighted by Gasteiger charge is 2.38. The van der Waals surface area contributed by atoms with Crippen LogP contribution in [0, 0.1) is 5.41 Å². The topological polar surface area (TPSA) is 49.3 Å². The number of nitrogens with one attached hydrogen (secondary N) is 1. The first kappa shape index (κ1) is 13.1. The van der Waals surface area contributed by atoms with E-state index in [-0.39, 0.29) is 0 Å². The molecule has 1 aliphatic carbocycles. The smallest absolute Gasteiger partial charge is 0.310 e. The summed E-state index contributed by atoms with van der Waals surface area (Å²) in [4.78, 5) is 11.5. The molecule has 1 fully saturated rings. The number of hydrogen-bond acceptors (Lipinski definition) is 2. The maximum absolute atomic E-state index is 11.5. The number of aliphatic carboxylic acids is 1. The van der Waals surface area contributed by atoms with E-state index in [1.54, 1.807) is 0 Å². The van der Waals surface area contributed by atoms with Crippen LogP contribution in [0.4, 0.5) is 0 Å². The Labute approximate surface area is 108 Å². The van der Waals surface area contributed by atoms with Crippen molar-refractivity contribution in [2.75, 3.05) is 6.54 Å². The van der Waals surface area contributed by atoms with Crippen molar-refractivity contribution < 1.29 is 9.90 Å². The van der Waals surface area contributed by atoms with Gasteiger partial charge in [0.25, 0.3) is 0 Å². The Kier molecular flexibility index (Phi) is 4.37. The van der Waals surface area contributed by atoms with E-state index in [1.165, 1.54) is 12.0 Å². The lowest BCUT2D eigenvalue weighted by molar-refractivity contribution is -0.150. The lowest BCUT2D eigenvalue weighted by atomic mass is 9.74. The van der Waals surface area contributed by atoms with Crippen molar-refractivity contribution in [3.05, 3.63) is 35.9 Å². The van der Waals surface area contributed by atoms with Gasteiger partial charge in [0.05, 0.1) is 5.41 Å². The molecule has 1 saturated carbocycles. The summed E-state index contributed by atoms with van der Waals surface area (Å²) < 4.78 is 0. The average molecular weight is 247 g/mol. The van der Waals surface area contributed by atoms with Crippen molar-refractivity contribution in [2.45, 2.75) is 38.6 Å². The minimum Gasteiger partial charge on any atom is -0.481 e. The van der Waals surface area contributed by atoms with Crippen molar-refractivity contribution >= 4 is 5.97 Å². The third kappa shape index (κ3) is 3.10. The molecular formula is C15H21NO2. The summed E-state index contributed by atoms with van der Waals surface area (Å²) in [5, 5.41) is 12.8. The van der Waals surface area contributed by atoms with Gasteiger partial charge in [-0.15, -0.1) is 0 Å². The molecule has 0 heterocycles. The summed E-state index contributed by atoms with van der Waals surface area (Å²) in [6.45, 7) is 1.33. The van der Waals surface area contributed by atoms with E-state index < -0.39 is 11.4 Å². The van der Waals surface area contributed by atoms with Crippen LogP contribution in [0.5, 0.6) is 0 Å². The number of hydrogen-bond donors (Lipinski definition) is 2. The van der Waals surface area contributed by atoms with Gasteiger partial charge in [0.1, 0.15) is 0 Å². The van der Waals surface area contributed by atoms with Crippen LogP contribution in [0.15, 0.2) is 30.3 Å². The van der Waals surface area contributed by atoms with Crippen LogP contribution in [0.1, 0.15) is 37.7 Å². The van der Waals surface area contributed by atoms with Gasteiger partial charge in [0, 0.05) is 13.1 Å². The maximum Gasteiger partial charge on any atom is 0.310 e. The Hall–Kier alpha value is -1.35. The zero-order valence-corrected chi connectivity index (χ0v) is 10.7. The van der Waals surface area contributed by atoms with Gasteiger partial charge in [0.2, 0.25) is 0 Å². The summed E-state index contributed by atoms with van der Waals surface area (Å²) in [6, 6.07) is 10.1. The highest BCUT2D eigenvalue weighted by molar-refractivity contribution is 5.75. The van der Waals surface area contributed by atoms with E-state index in [9.17, 15) is 9.90 Å². The van der Waals surface area contributed by atoms with Crippen LogP contribution >= 0.6 is 0 Å². The fraction of sp³-hybridized carbons (Fsp3) is 0.533. The van der Waals surface area contributed by atoms with E-state index in [1.807, 2.05) is 18.2 Å². The molecule has 0 bridgehead atoms. The normalized spacial score (nSPS) is 18.4. The highest BCUT2D eigenvalue weighted by Crippen LogP contribution is 2.36. The van der Waals surface area contributed by atoms with Gasteiger partial charge < -0.3 is 10.4 Å². The summed E-state index contributed by atoms with van der Waals surface area (Å²) in [6.07, 6.45) is 4.88. The van der Waals surface area contributed by atoms with E-state index in [0.29, 0.717) is 6.54 Å². The molecule has 1 aromatic carbocycles. The predicted octanol–water partition coefficient (Wildman–Crippen LogP) is 2.81. The molecule has 3 nitrogen and oxygen atoms in total. The Morgan fingerprint density at radius 2 is 1.83 bits per heavy atom. The molecule has 2 N–H and O–H groups in total. The Morgan fingerprint density at radius 3 is 2.44 bits per heavy atom. The molecule has 0 atom stereocenters. The fourth-order valence-electron chi connectivity index (χ4n) is 2.74. The molecule has 98 valence electrons. The SMILES string of the molecule is O=C(O)C1(CNCc2ccccc2)CCCCC1. The summed E-state index contributed by atoms with van der Waals surface area (Å²) in [7, 11) is 0. The molecule has 0 aliphatic heterocycles. The van der Waals surface area contributed by atoms with Crippen molar-refractivity contribution in [3.63, 3.8) is 0 Å². The monoisotopic (exact) mass is 247 g/mol. The molecule has 0 radical (unpaired) electrons. The van der Waals surface area contributed by atoms with E-state index >= 15 is 0 Å². The number of benzene rings is 1. The first-order chi connectivity index (χ1) is 8.73. The van der Waals surface area contributed by atoms with Gasteiger partial charge in [-0.2, -0.15) is 0 Å². The largest absolute Gasteiger partial charge is 0.481 e. The van der Waals surface area contributed by atoms with Gasteiger partial charge in [0.15, 0.2) is 0 Å². The van der Waals surface area contributed by atoms with Crippen molar-refractivity contribution in [2.24, 2.45) is 5.41 Å². The van der Waals surface area contributed by atoms with Gasteiger partial charge in [-0.05, 0) is 18.4 Å². The quantitative estimate of drug-likeness (QED) is 0.841. The first-order valence-electron chi connectivity index (χ1n) is 6.71. The predicted molar refractivity (Wildman–Crippen MR) is 71.3 cm³/mol. The molecule has 0 saturated heterocycles. The second-order valence-electron chi connectivity index (χ2n) is 5.24. The van der Waals surface area contributed by atoms with E-state index in [2.05, 4.69) is 17.4 Å². The summed E-state index contributed by atoms with van der Waals surface area (Å²) in [5.74, 6) is -0.636. The third-order valence-corrected chi connectivity index (χ3v) is 3.90. The van der Waals surface area contributed by atoms with Crippen LogP contribution < -0.4 is 5.32 Å². The minimum absolute atomic E-state index is 0.535. The minimum atomic E-state index is -0.636. The molecular weight excluding hydrogens is 226 g/mol. The molecule has 0 aromatic heterocycles. The number of carboxylic acids is 1. The second-order valence-corrected chi connectivity index (χ2v) is 5.24. The molecule has 2 rings (SSSR count). The van der Waals surface area contributed by atoms with Crippen molar-refractivity contribution in [1.29, 1.82) is 0 Å². The van der Waals surface area contributed by atoms with Crippen LogP contribution in [-0.2, 0) is 11.3 Å². The molecule has 0 amide bonds. The molecule has 1 aromatic rings. The van der Waals surface area contributed by atoms with Crippen LogP contribution in [0.3, 0.4) is 0 Å². The van der Waals surface area contributed by atoms with Crippen LogP contribution in [0.25, 0.3) is 0 Å². The summed E-state index contributed by atoms with van der Waals surface area (Å²) in [5.41, 5.74) is 0.668. The zero-order valence-electron chi connectivity index (χ0n) is 10.7. The first-order valence-corrected chi connectivity index (χ1v) is 6.71. The molecule has 18 heavy (non-hydrogen) atoms. The lowest BCUT2D eigenvalue weighted by Crippen LogP contribution is -2.42. The van der Waals surface area contributed by atoms with Gasteiger partial charge in [-0.1, -0.05) is 49.6 Å². The molecule has 0 unspecified atom stereocenters. The van der Waals surface area contributed by atoms with Crippen molar-refractivity contribution in [3.8, 4) is 0 Å². The Balaban J connectivity index is 1.88. The number of carboxylic acid groups (broad SMARTS) is 1. The Morgan fingerprint density at radius 1 is 1.17 bits per heavy atom. The Bertz CT molecular complexity index is 383. The average Bonchev–Trinajstić information content (AvgIpc) is 2.41. The fourth-order valence-corrected chi connectivity index (χ4v) is 2.74. The van der Waals surface area contributed by atoms with Crippen molar-refractivity contribution in [1.82, 2.24) is 5.32 Å². The zero-order chi connectivity index (χ0) is 12.8. The van der Waals surface area contributed by atoms with Gasteiger partial charge in [-0.3, -0.25) is 4.79 Å². The van der Waals surface area contributed by atoms with Crippen LogP contribution in [0.2, 0.25) is 0 Å². The van der Waals surface area contributed by atoms with E-state index in [4.69, 9.17) is 0 Å². The molecule has 0 spiro atoms. The van der Waals surface area contributed by atoms with Gasteiger partial charge >= 0.3 is 5.97 Å². The highest BCUT2D eigenvalue weighted by atomic mass is 16.4. The lowest BCUT2D eigenvalue weighted by Gasteiger charge is -2.33. The third-order valence-electron chi connectivity index (χ3n) is 3.90. The maximum atomic E-state index is 11.5. The standard InChI is InChI=1S/C15H21NO2/c17-14(18)15(9-5-2-6-10-15)12-16-11-13-7-3-1-4-8-13/h1,3-4,7-8,16H,2,5-6,9-12H2,(H,17,18). The molecule has 3 heteroatoms. The number of carbonyl (C=O) groups is 1. The number of rotatable bonds is 5. The summed E-state index contributed by atoms with van der Waals surface area (Å²) >= 11 is 0. The van der Waals surface area contributed by atoms with Gasteiger partial charge in [-0.25, -0.2) is 0 Å². The molecule has 1 aliphatic rings. The van der Waals surface area contributed by atoms with E-state index in [0.717, 1.165) is 32.2 Å². The van der Waals surface area contributed by atoms with Crippen LogP contribution in [-0.4, -0.2) is 17.6 Å². The second kappa shape index (κ2) is 6.01.